The van der Waals surface area contributed by atoms with Crippen LogP contribution in [0.2, 0.25) is 5.02 Å². The fourth-order valence-corrected chi connectivity index (χ4v) is 3.38. The number of hydrogen-bond donors (Lipinski definition) is 0. The summed E-state index contributed by atoms with van der Waals surface area (Å²) in [6.45, 7) is 0. The van der Waals surface area contributed by atoms with Gasteiger partial charge >= 0.3 is 0 Å². The number of benzene rings is 3. The Balaban J connectivity index is 2.18. The van der Waals surface area contributed by atoms with Gasteiger partial charge in [0.05, 0.1) is 4.83 Å². The first-order chi connectivity index (χ1) is 10.1. The molecule has 0 bridgehead atoms. The first kappa shape index (κ1) is 14.5. The van der Waals surface area contributed by atoms with E-state index < -0.39 is 11.6 Å². The van der Waals surface area contributed by atoms with E-state index in [1.807, 2.05) is 30.3 Å². The zero-order valence-corrected chi connectivity index (χ0v) is 13.1. The van der Waals surface area contributed by atoms with Crippen molar-refractivity contribution in [1.82, 2.24) is 0 Å². The molecule has 3 aromatic rings. The molecule has 3 rings (SSSR count). The summed E-state index contributed by atoms with van der Waals surface area (Å²) in [5.74, 6) is -1.16. The second-order valence-electron chi connectivity index (χ2n) is 4.71. The van der Waals surface area contributed by atoms with Crippen LogP contribution in [0.4, 0.5) is 8.78 Å². The molecular weight excluding hydrogens is 358 g/mol. The molecule has 0 aromatic heterocycles. The topological polar surface area (TPSA) is 0 Å². The highest BCUT2D eigenvalue weighted by Gasteiger charge is 2.18. The van der Waals surface area contributed by atoms with Gasteiger partial charge in [-0.25, -0.2) is 8.78 Å². The summed E-state index contributed by atoms with van der Waals surface area (Å²) in [6.07, 6.45) is 0. The molecule has 0 amide bonds. The van der Waals surface area contributed by atoms with Crippen molar-refractivity contribution in [2.75, 3.05) is 0 Å². The van der Waals surface area contributed by atoms with Gasteiger partial charge in [0.25, 0.3) is 0 Å². The molecule has 0 nitrogen and oxygen atoms in total. The lowest BCUT2D eigenvalue weighted by Crippen LogP contribution is -1.98. The van der Waals surface area contributed by atoms with Gasteiger partial charge in [0.2, 0.25) is 0 Å². The fourth-order valence-electron chi connectivity index (χ4n) is 2.38. The molecule has 4 heteroatoms. The molecule has 0 aliphatic carbocycles. The minimum atomic E-state index is -0.586. The molecule has 0 aliphatic heterocycles. The van der Waals surface area contributed by atoms with Gasteiger partial charge in [-0.15, -0.1) is 0 Å². The predicted molar refractivity (Wildman–Crippen MR) is 86.1 cm³/mol. The molecule has 106 valence electrons. The number of alkyl halides is 1. The zero-order valence-electron chi connectivity index (χ0n) is 10.8. The van der Waals surface area contributed by atoms with Crippen LogP contribution in [0.3, 0.4) is 0 Å². The van der Waals surface area contributed by atoms with Gasteiger partial charge in [-0.1, -0.05) is 63.9 Å². The summed E-state index contributed by atoms with van der Waals surface area (Å²) in [6, 6.07) is 14.9. The molecular formula is C17H10BrClF2. The first-order valence-corrected chi connectivity index (χ1v) is 7.63. The van der Waals surface area contributed by atoms with Crippen molar-refractivity contribution in [3.05, 3.63) is 82.4 Å². The summed E-state index contributed by atoms with van der Waals surface area (Å²) >= 11 is 9.70. The normalized spacial score (nSPS) is 12.6. The maximum atomic E-state index is 14.0. The predicted octanol–water partition coefficient (Wildman–Crippen LogP) is 6.26. The monoisotopic (exact) mass is 366 g/mol. The molecule has 1 atom stereocenters. The maximum absolute atomic E-state index is 14.0. The summed E-state index contributed by atoms with van der Waals surface area (Å²) < 4.78 is 27.0. The average molecular weight is 368 g/mol. The van der Waals surface area contributed by atoms with E-state index in [9.17, 15) is 8.78 Å². The highest BCUT2D eigenvalue weighted by Crippen LogP contribution is 2.38. The van der Waals surface area contributed by atoms with Gasteiger partial charge in [0.15, 0.2) is 0 Å². The summed E-state index contributed by atoms with van der Waals surface area (Å²) in [5.41, 5.74) is 1.28. The molecule has 3 aromatic carbocycles. The average Bonchev–Trinajstić information content (AvgIpc) is 2.47. The Kier molecular flexibility index (Phi) is 3.96. The molecule has 0 heterocycles. The van der Waals surface area contributed by atoms with Crippen molar-refractivity contribution in [3.63, 3.8) is 0 Å². The Morgan fingerprint density at radius 3 is 2.24 bits per heavy atom. The van der Waals surface area contributed by atoms with Crippen molar-refractivity contribution >= 4 is 38.3 Å². The summed E-state index contributed by atoms with van der Waals surface area (Å²) in [5, 5.41) is 2.49. The van der Waals surface area contributed by atoms with Crippen LogP contribution in [0.5, 0.6) is 0 Å². The van der Waals surface area contributed by atoms with E-state index in [0.29, 0.717) is 10.6 Å². The summed E-state index contributed by atoms with van der Waals surface area (Å²) in [7, 11) is 0. The second-order valence-corrected chi connectivity index (χ2v) is 6.03. The van der Waals surface area contributed by atoms with Crippen molar-refractivity contribution in [1.29, 1.82) is 0 Å². The van der Waals surface area contributed by atoms with Crippen LogP contribution in [-0.2, 0) is 0 Å². The quantitative estimate of drug-likeness (QED) is 0.469. The maximum Gasteiger partial charge on any atom is 0.130 e. The Labute approximate surface area is 134 Å². The fraction of sp³-hybridized carbons (Fsp3) is 0.0588. The molecule has 0 saturated carbocycles. The summed E-state index contributed by atoms with van der Waals surface area (Å²) in [4.78, 5) is -0.375. The smallest absolute Gasteiger partial charge is 0.130 e. The third kappa shape index (κ3) is 2.68. The lowest BCUT2D eigenvalue weighted by molar-refractivity contribution is 0.574. The van der Waals surface area contributed by atoms with Crippen LogP contribution in [0.25, 0.3) is 10.8 Å². The highest BCUT2D eigenvalue weighted by molar-refractivity contribution is 9.09. The van der Waals surface area contributed by atoms with E-state index in [0.717, 1.165) is 22.4 Å². The number of fused-ring (bicyclic) bond motifs is 1. The molecule has 0 aliphatic rings. The van der Waals surface area contributed by atoms with Crippen LogP contribution in [-0.4, -0.2) is 0 Å². The van der Waals surface area contributed by atoms with Gasteiger partial charge in [0.1, 0.15) is 11.6 Å². The molecule has 0 spiro atoms. The van der Waals surface area contributed by atoms with E-state index in [4.69, 9.17) is 11.6 Å². The Bertz CT molecular complexity index is 817. The highest BCUT2D eigenvalue weighted by atomic mass is 79.9. The van der Waals surface area contributed by atoms with E-state index in [2.05, 4.69) is 15.9 Å². The third-order valence-corrected chi connectivity index (χ3v) is 4.73. The Morgan fingerprint density at radius 1 is 0.857 bits per heavy atom. The van der Waals surface area contributed by atoms with Gasteiger partial charge in [-0.2, -0.15) is 0 Å². The van der Waals surface area contributed by atoms with Gasteiger partial charge in [-0.05, 0) is 23.1 Å². The van der Waals surface area contributed by atoms with E-state index >= 15 is 0 Å². The van der Waals surface area contributed by atoms with Gasteiger partial charge in [0, 0.05) is 22.0 Å². The minimum Gasteiger partial charge on any atom is -0.207 e. The van der Waals surface area contributed by atoms with Crippen molar-refractivity contribution in [3.8, 4) is 0 Å². The van der Waals surface area contributed by atoms with Crippen LogP contribution >= 0.6 is 27.5 Å². The largest absolute Gasteiger partial charge is 0.207 e. The molecule has 0 radical (unpaired) electrons. The zero-order chi connectivity index (χ0) is 15.0. The number of hydrogen-bond acceptors (Lipinski definition) is 0. The number of halogens is 4. The first-order valence-electron chi connectivity index (χ1n) is 6.34. The van der Waals surface area contributed by atoms with E-state index in [1.165, 1.54) is 12.1 Å². The molecule has 21 heavy (non-hydrogen) atoms. The van der Waals surface area contributed by atoms with Crippen LogP contribution < -0.4 is 0 Å². The van der Waals surface area contributed by atoms with Crippen molar-refractivity contribution < 1.29 is 8.78 Å². The van der Waals surface area contributed by atoms with Crippen molar-refractivity contribution in [2.24, 2.45) is 0 Å². The minimum absolute atomic E-state index is 0.375. The van der Waals surface area contributed by atoms with Gasteiger partial charge in [-0.3, -0.25) is 0 Å². The van der Waals surface area contributed by atoms with Crippen molar-refractivity contribution in [2.45, 2.75) is 4.83 Å². The molecule has 0 saturated heterocycles. The number of rotatable bonds is 2. The molecule has 0 fully saturated rings. The SMILES string of the molecule is Fc1ccc(C(Br)c2ccc(Cl)c3ccccc23)c(F)c1. The third-order valence-electron chi connectivity index (χ3n) is 3.41. The van der Waals surface area contributed by atoms with Crippen LogP contribution in [0, 0.1) is 11.6 Å². The van der Waals surface area contributed by atoms with E-state index in [1.54, 1.807) is 6.07 Å². The van der Waals surface area contributed by atoms with Gasteiger partial charge < -0.3 is 0 Å². The molecule has 0 N–H and O–H groups in total. The standard InChI is InChI=1S/C17H10BrClF2/c18-17(14-6-5-10(20)9-16(14)21)13-7-8-15(19)12-4-2-1-3-11(12)13/h1-9,17H. The lowest BCUT2D eigenvalue weighted by Gasteiger charge is -2.15. The lowest BCUT2D eigenvalue weighted by atomic mass is 9.98. The van der Waals surface area contributed by atoms with Crippen LogP contribution in [0.15, 0.2) is 54.6 Å². The second kappa shape index (κ2) is 5.74. The Morgan fingerprint density at radius 2 is 1.52 bits per heavy atom. The van der Waals surface area contributed by atoms with E-state index in [-0.39, 0.29) is 4.83 Å². The Hall–Kier alpha value is -1.45. The molecule has 1 unspecified atom stereocenters. The van der Waals surface area contributed by atoms with Crippen LogP contribution in [0.1, 0.15) is 16.0 Å².